The van der Waals surface area contributed by atoms with E-state index in [1.807, 2.05) is 17.0 Å². The number of rotatable bonds is 6. The van der Waals surface area contributed by atoms with E-state index in [0.29, 0.717) is 28.0 Å². The van der Waals surface area contributed by atoms with Gasteiger partial charge in [0.2, 0.25) is 5.95 Å². The number of nitrogens with one attached hydrogen (secondary N) is 2. The van der Waals surface area contributed by atoms with E-state index >= 15 is 4.39 Å². The molecule has 1 saturated heterocycles. The molecule has 4 aromatic heterocycles. The summed E-state index contributed by atoms with van der Waals surface area (Å²) in [6, 6.07) is 10.5. The third-order valence-electron chi connectivity index (χ3n) is 6.64. The Bertz CT molecular complexity index is 1800. The van der Waals surface area contributed by atoms with Crippen molar-refractivity contribution in [2.24, 2.45) is 0 Å². The van der Waals surface area contributed by atoms with Crippen molar-refractivity contribution in [2.75, 3.05) is 36.4 Å². The first-order valence-corrected chi connectivity index (χ1v) is 13.7. The summed E-state index contributed by atoms with van der Waals surface area (Å²) >= 11 is 1.46. The molecule has 0 atom stereocenters. The second-order valence-corrected chi connectivity index (χ2v) is 10.1. The average Bonchev–Trinajstić information content (AvgIpc) is 3.45. The van der Waals surface area contributed by atoms with Crippen molar-refractivity contribution in [3.8, 4) is 23.1 Å². The van der Waals surface area contributed by atoms with Crippen LogP contribution < -0.4 is 21.1 Å². The van der Waals surface area contributed by atoms with Crippen LogP contribution in [0.1, 0.15) is 17.4 Å². The monoisotopic (exact) mass is 552 g/mol. The molecule has 1 aliphatic rings. The van der Waals surface area contributed by atoms with E-state index in [-0.39, 0.29) is 23.9 Å². The first-order chi connectivity index (χ1) is 19.6. The summed E-state index contributed by atoms with van der Waals surface area (Å²) in [5.74, 6) is 5.65. The van der Waals surface area contributed by atoms with Crippen LogP contribution in [0, 0.1) is 17.7 Å². The summed E-state index contributed by atoms with van der Waals surface area (Å²) < 4.78 is 16.6. The Balaban J connectivity index is 1.37. The smallest absolute Gasteiger partial charge is 0.268 e. The predicted octanol–water partition coefficient (Wildman–Crippen LogP) is 4.02. The van der Waals surface area contributed by atoms with Gasteiger partial charge in [0.05, 0.1) is 33.9 Å². The van der Waals surface area contributed by atoms with Crippen molar-refractivity contribution in [1.82, 2.24) is 29.8 Å². The highest BCUT2D eigenvalue weighted by molar-refractivity contribution is 7.10. The van der Waals surface area contributed by atoms with Crippen LogP contribution in [0.5, 0.6) is 0 Å². The minimum atomic E-state index is -0.318. The normalized spacial score (nSPS) is 13.2. The molecule has 0 saturated carbocycles. The Morgan fingerprint density at radius 2 is 1.95 bits per heavy atom. The van der Waals surface area contributed by atoms with Gasteiger partial charge in [0.25, 0.3) is 5.56 Å². The lowest BCUT2D eigenvalue weighted by atomic mass is 10.1. The van der Waals surface area contributed by atoms with Crippen LogP contribution in [-0.2, 0) is 6.54 Å². The van der Waals surface area contributed by atoms with Crippen molar-refractivity contribution in [3.05, 3.63) is 87.1 Å². The molecule has 40 heavy (non-hydrogen) atoms. The molecule has 1 aliphatic heterocycles. The molecule has 2 N–H and O–H groups in total. The lowest BCUT2D eigenvalue weighted by Crippen LogP contribution is -2.43. The van der Waals surface area contributed by atoms with Gasteiger partial charge in [-0.25, -0.2) is 14.4 Å². The van der Waals surface area contributed by atoms with Crippen molar-refractivity contribution in [1.29, 1.82) is 0 Å². The standard InChI is InChI=1S/C29H25FN8OS/c1-2-3-20-14-21-16-33-29(35-22-4-5-24(23(30)15-22)37-12-10-32-11-13-37)36-27(21)38(28(20)39)17-25-26(34-18-40-25)19-6-8-31-9-7-19/h4-9,14-16,18,32H,10-13,17H2,1H3,(H,33,35,36). The number of hydrogen-bond donors (Lipinski definition) is 2. The van der Waals surface area contributed by atoms with Gasteiger partial charge >= 0.3 is 0 Å². The topological polar surface area (TPSA) is 101 Å². The van der Waals surface area contributed by atoms with Gasteiger partial charge in [0.1, 0.15) is 11.5 Å². The number of hydrogen-bond acceptors (Lipinski definition) is 9. The van der Waals surface area contributed by atoms with Gasteiger partial charge in [-0.2, -0.15) is 4.98 Å². The second-order valence-electron chi connectivity index (χ2n) is 9.19. The summed E-state index contributed by atoms with van der Waals surface area (Å²) in [5, 5.41) is 7.04. The molecule has 0 bridgehead atoms. The second kappa shape index (κ2) is 11.2. The van der Waals surface area contributed by atoms with Crippen molar-refractivity contribution in [2.45, 2.75) is 13.5 Å². The largest absolute Gasteiger partial charge is 0.367 e. The first kappa shape index (κ1) is 25.6. The zero-order valence-corrected chi connectivity index (χ0v) is 22.5. The van der Waals surface area contributed by atoms with Gasteiger partial charge in [0.15, 0.2) is 0 Å². The fraction of sp³-hybridized carbons (Fsp3) is 0.207. The third kappa shape index (κ3) is 5.14. The van der Waals surface area contributed by atoms with E-state index in [9.17, 15) is 4.79 Å². The van der Waals surface area contributed by atoms with Crippen LogP contribution >= 0.6 is 11.3 Å². The van der Waals surface area contributed by atoms with E-state index in [0.717, 1.165) is 42.3 Å². The van der Waals surface area contributed by atoms with Gasteiger partial charge in [-0.1, -0.05) is 5.92 Å². The molecule has 9 nitrogen and oxygen atoms in total. The molecule has 6 rings (SSSR count). The van der Waals surface area contributed by atoms with Gasteiger partial charge < -0.3 is 15.5 Å². The van der Waals surface area contributed by atoms with Gasteiger partial charge in [0, 0.05) is 61.4 Å². The molecule has 5 aromatic rings. The number of benzene rings is 1. The van der Waals surface area contributed by atoms with E-state index in [1.165, 1.54) is 17.4 Å². The van der Waals surface area contributed by atoms with Gasteiger partial charge in [-0.05, 0) is 43.3 Å². The fourth-order valence-corrected chi connectivity index (χ4v) is 5.51. The molecule has 0 unspecified atom stereocenters. The molecule has 1 aromatic carbocycles. The molecular weight excluding hydrogens is 527 g/mol. The first-order valence-electron chi connectivity index (χ1n) is 12.8. The van der Waals surface area contributed by atoms with Crippen molar-refractivity contribution in [3.63, 3.8) is 0 Å². The number of nitrogens with zero attached hydrogens (tertiary/aromatic N) is 6. The summed E-state index contributed by atoms with van der Waals surface area (Å²) in [5.41, 5.74) is 5.08. The average molecular weight is 553 g/mol. The summed E-state index contributed by atoms with van der Waals surface area (Å²) in [7, 11) is 0. The maximum absolute atomic E-state index is 15.0. The number of fused-ring (bicyclic) bond motifs is 1. The Kier molecular flexibility index (Phi) is 7.18. The minimum Gasteiger partial charge on any atom is -0.367 e. The maximum atomic E-state index is 15.0. The predicted molar refractivity (Wildman–Crippen MR) is 156 cm³/mol. The molecular formula is C29H25FN8OS. The Labute approximate surface area is 233 Å². The van der Waals surface area contributed by atoms with Crippen LogP contribution in [0.3, 0.4) is 0 Å². The lowest BCUT2D eigenvalue weighted by Gasteiger charge is -2.29. The number of thiazole rings is 1. The number of aromatic nitrogens is 5. The van der Waals surface area contributed by atoms with Gasteiger partial charge in [-0.3, -0.25) is 14.3 Å². The van der Waals surface area contributed by atoms with E-state index in [4.69, 9.17) is 0 Å². The lowest BCUT2D eigenvalue weighted by molar-refractivity contribution is 0.566. The summed E-state index contributed by atoms with van der Waals surface area (Å²) in [6.07, 6.45) is 5.06. The molecule has 5 heterocycles. The van der Waals surface area contributed by atoms with E-state index in [1.54, 1.807) is 53.8 Å². The molecule has 0 radical (unpaired) electrons. The molecule has 1 fully saturated rings. The zero-order valence-electron chi connectivity index (χ0n) is 21.7. The highest BCUT2D eigenvalue weighted by Gasteiger charge is 2.17. The summed E-state index contributed by atoms with van der Waals surface area (Å²) in [4.78, 5) is 34.2. The summed E-state index contributed by atoms with van der Waals surface area (Å²) in [6.45, 7) is 5.09. The Morgan fingerprint density at radius 1 is 1.12 bits per heavy atom. The van der Waals surface area contributed by atoms with Crippen molar-refractivity contribution >= 4 is 39.7 Å². The Hall–Kier alpha value is -4.66. The van der Waals surface area contributed by atoms with E-state index < -0.39 is 0 Å². The number of piperazine rings is 1. The van der Waals surface area contributed by atoms with Crippen molar-refractivity contribution < 1.29 is 4.39 Å². The number of halogens is 1. The minimum absolute atomic E-state index is 0.251. The quantitative estimate of drug-likeness (QED) is 0.305. The third-order valence-corrected chi connectivity index (χ3v) is 7.46. The fourth-order valence-electron chi connectivity index (χ4n) is 4.74. The maximum Gasteiger partial charge on any atom is 0.268 e. The Morgan fingerprint density at radius 3 is 2.73 bits per heavy atom. The molecule has 200 valence electrons. The SMILES string of the molecule is CC#Cc1cc2cnc(Nc3ccc(N4CCNCC4)c(F)c3)nc2n(Cc2scnc2-c2ccncc2)c1=O. The highest BCUT2D eigenvalue weighted by Crippen LogP contribution is 2.28. The van der Waals surface area contributed by atoms with E-state index in [2.05, 4.69) is 42.4 Å². The van der Waals surface area contributed by atoms with Crippen LogP contribution in [0.25, 0.3) is 22.3 Å². The van der Waals surface area contributed by atoms with Crippen LogP contribution in [-0.4, -0.2) is 50.7 Å². The molecule has 11 heteroatoms. The van der Waals surface area contributed by atoms with Gasteiger partial charge in [-0.15, -0.1) is 17.3 Å². The van der Waals surface area contributed by atoms with Crippen LogP contribution in [0.4, 0.5) is 21.7 Å². The molecule has 0 amide bonds. The number of pyridine rings is 2. The van der Waals surface area contributed by atoms with Crippen LogP contribution in [0.2, 0.25) is 0 Å². The highest BCUT2D eigenvalue weighted by atomic mass is 32.1. The van der Waals surface area contributed by atoms with Crippen LogP contribution in [0.15, 0.2) is 65.3 Å². The molecule has 0 aliphatic carbocycles. The molecule has 0 spiro atoms. The number of anilines is 3. The zero-order chi connectivity index (χ0) is 27.5.